The fourth-order valence-electron chi connectivity index (χ4n) is 1.82. The van der Waals surface area contributed by atoms with Crippen LogP contribution in [0, 0.1) is 13.8 Å². The first-order valence-corrected chi connectivity index (χ1v) is 6.13. The van der Waals surface area contributed by atoms with Gasteiger partial charge in [0.1, 0.15) is 5.76 Å². The van der Waals surface area contributed by atoms with E-state index in [4.69, 9.17) is 4.42 Å². The average Bonchev–Trinajstić information content (AvgIpc) is 2.83. The maximum absolute atomic E-state index is 12.3. The molecule has 3 heteroatoms. The molecule has 0 aromatic carbocycles. The van der Waals surface area contributed by atoms with Crippen molar-refractivity contribution in [3.63, 3.8) is 0 Å². The van der Waals surface area contributed by atoms with Gasteiger partial charge in [0, 0.05) is 21.7 Å². The lowest BCUT2D eigenvalue weighted by atomic mass is 10.0. The number of hydrogen-bond acceptors (Lipinski definition) is 3. The zero-order valence-corrected chi connectivity index (χ0v) is 10.5. The molecule has 0 spiro atoms. The van der Waals surface area contributed by atoms with Crippen LogP contribution in [0.4, 0.5) is 0 Å². The molecule has 84 valence electrons. The molecule has 0 saturated carbocycles. The summed E-state index contributed by atoms with van der Waals surface area (Å²) in [6.07, 6.45) is 2.33. The van der Waals surface area contributed by atoms with Gasteiger partial charge >= 0.3 is 0 Å². The molecule has 0 N–H and O–H groups in total. The maximum Gasteiger partial charge on any atom is 0.197 e. The van der Waals surface area contributed by atoms with Crippen LogP contribution in [0.1, 0.15) is 38.4 Å². The fraction of sp³-hybridized carbons (Fsp3) is 0.308. The fourth-order valence-corrected chi connectivity index (χ4v) is 2.74. The normalized spacial score (nSPS) is 10.7. The summed E-state index contributed by atoms with van der Waals surface area (Å²) in [4.78, 5) is 14.5. The quantitative estimate of drug-likeness (QED) is 0.757. The van der Waals surface area contributed by atoms with Crippen molar-refractivity contribution in [1.29, 1.82) is 0 Å². The Morgan fingerprint density at radius 3 is 2.69 bits per heavy atom. The number of aryl methyl sites for hydroxylation is 3. The van der Waals surface area contributed by atoms with E-state index < -0.39 is 0 Å². The second-order valence-corrected chi connectivity index (χ2v) is 5.23. The predicted molar refractivity (Wildman–Crippen MR) is 65.3 cm³/mol. The van der Waals surface area contributed by atoms with Crippen LogP contribution in [0.5, 0.6) is 0 Å². The highest BCUT2D eigenvalue weighted by molar-refractivity contribution is 7.12. The van der Waals surface area contributed by atoms with Gasteiger partial charge < -0.3 is 4.42 Å². The molecule has 0 saturated heterocycles. The van der Waals surface area contributed by atoms with Crippen LogP contribution >= 0.6 is 11.3 Å². The molecule has 0 aliphatic carbocycles. The van der Waals surface area contributed by atoms with E-state index in [1.807, 2.05) is 26.8 Å². The van der Waals surface area contributed by atoms with Gasteiger partial charge in [0.15, 0.2) is 5.78 Å². The van der Waals surface area contributed by atoms with Crippen LogP contribution in [-0.4, -0.2) is 5.78 Å². The predicted octanol–water partition coefficient (Wildman–Crippen LogP) is 3.75. The Morgan fingerprint density at radius 1 is 1.38 bits per heavy atom. The van der Waals surface area contributed by atoms with Crippen LogP contribution in [0.2, 0.25) is 0 Å². The third kappa shape index (κ3) is 1.83. The van der Waals surface area contributed by atoms with Gasteiger partial charge in [-0.05, 0) is 26.0 Å². The molecule has 0 aliphatic heterocycles. The first kappa shape index (κ1) is 11.1. The maximum atomic E-state index is 12.3. The Bertz CT molecular complexity index is 520. The molecule has 16 heavy (non-hydrogen) atoms. The Labute approximate surface area is 98.9 Å². The minimum absolute atomic E-state index is 0.0763. The van der Waals surface area contributed by atoms with E-state index in [0.717, 1.165) is 22.6 Å². The molecule has 0 amide bonds. The van der Waals surface area contributed by atoms with Gasteiger partial charge in [-0.2, -0.15) is 0 Å². The molecular weight excluding hydrogens is 220 g/mol. The SMILES string of the molecule is CCc1occc1C(=O)c1cc(C)sc1C. The number of ketones is 1. The standard InChI is InChI=1S/C13H14O2S/c1-4-12-10(5-6-15-12)13(14)11-7-8(2)16-9(11)3/h5-7H,4H2,1-3H3. The van der Waals surface area contributed by atoms with Gasteiger partial charge in [-0.15, -0.1) is 11.3 Å². The molecule has 0 radical (unpaired) electrons. The largest absolute Gasteiger partial charge is 0.469 e. The molecular formula is C13H14O2S. The van der Waals surface area contributed by atoms with Crippen molar-refractivity contribution in [1.82, 2.24) is 0 Å². The summed E-state index contributed by atoms with van der Waals surface area (Å²) in [6, 6.07) is 3.71. The smallest absolute Gasteiger partial charge is 0.197 e. The highest BCUT2D eigenvalue weighted by atomic mass is 32.1. The number of carbonyl (C=O) groups is 1. The van der Waals surface area contributed by atoms with Gasteiger partial charge in [0.25, 0.3) is 0 Å². The first-order valence-electron chi connectivity index (χ1n) is 5.31. The van der Waals surface area contributed by atoms with Crippen molar-refractivity contribution in [2.45, 2.75) is 27.2 Å². The van der Waals surface area contributed by atoms with Gasteiger partial charge in [-0.25, -0.2) is 0 Å². The number of thiophene rings is 1. The van der Waals surface area contributed by atoms with Crippen molar-refractivity contribution in [3.8, 4) is 0 Å². The van der Waals surface area contributed by atoms with E-state index in [0.29, 0.717) is 5.56 Å². The van der Waals surface area contributed by atoms with Crippen molar-refractivity contribution in [2.75, 3.05) is 0 Å². The molecule has 2 aromatic rings. The van der Waals surface area contributed by atoms with Crippen LogP contribution < -0.4 is 0 Å². The van der Waals surface area contributed by atoms with E-state index in [1.54, 1.807) is 23.7 Å². The lowest BCUT2D eigenvalue weighted by Crippen LogP contribution is -2.02. The van der Waals surface area contributed by atoms with Crippen molar-refractivity contribution < 1.29 is 9.21 Å². The minimum atomic E-state index is 0.0763. The topological polar surface area (TPSA) is 30.2 Å². The van der Waals surface area contributed by atoms with Crippen LogP contribution in [0.15, 0.2) is 22.8 Å². The second-order valence-electron chi connectivity index (χ2n) is 3.77. The summed E-state index contributed by atoms with van der Waals surface area (Å²) in [5, 5.41) is 0. The molecule has 2 heterocycles. The van der Waals surface area contributed by atoms with Gasteiger partial charge in [0.05, 0.1) is 11.8 Å². The number of rotatable bonds is 3. The lowest BCUT2D eigenvalue weighted by molar-refractivity contribution is 0.103. The van der Waals surface area contributed by atoms with Gasteiger partial charge in [0.2, 0.25) is 0 Å². The third-order valence-corrected chi connectivity index (χ3v) is 3.56. The second kappa shape index (κ2) is 4.26. The Hall–Kier alpha value is -1.35. The first-order chi connectivity index (χ1) is 7.63. The van der Waals surface area contributed by atoms with E-state index in [1.165, 1.54) is 4.88 Å². The van der Waals surface area contributed by atoms with Crippen molar-refractivity contribution in [3.05, 3.63) is 45.0 Å². The third-order valence-electron chi connectivity index (χ3n) is 2.60. The number of carbonyl (C=O) groups excluding carboxylic acids is 1. The van der Waals surface area contributed by atoms with E-state index in [2.05, 4.69) is 0 Å². The monoisotopic (exact) mass is 234 g/mol. The van der Waals surface area contributed by atoms with Crippen LogP contribution in [0.3, 0.4) is 0 Å². The minimum Gasteiger partial charge on any atom is -0.469 e. The summed E-state index contributed by atoms with van der Waals surface area (Å²) in [6.45, 7) is 5.99. The number of furan rings is 1. The lowest BCUT2D eigenvalue weighted by Gasteiger charge is -1.99. The summed E-state index contributed by atoms with van der Waals surface area (Å²) in [5.41, 5.74) is 1.50. The zero-order chi connectivity index (χ0) is 11.7. The Kier molecular flexibility index (Phi) is 2.97. The highest BCUT2D eigenvalue weighted by Gasteiger charge is 2.18. The van der Waals surface area contributed by atoms with Crippen molar-refractivity contribution in [2.24, 2.45) is 0 Å². The molecule has 0 atom stereocenters. The summed E-state index contributed by atoms with van der Waals surface area (Å²) < 4.78 is 5.29. The molecule has 0 unspecified atom stereocenters. The van der Waals surface area contributed by atoms with E-state index >= 15 is 0 Å². The molecule has 0 fully saturated rings. The van der Waals surface area contributed by atoms with Gasteiger partial charge in [-0.1, -0.05) is 6.92 Å². The molecule has 2 rings (SSSR count). The van der Waals surface area contributed by atoms with E-state index in [9.17, 15) is 4.79 Å². The number of hydrogen-bond donors (Lipinski definition) is 0. The average molecular weight is 234 g/mol. The van der Waals surface area contributed by atoms with Crippen LogP contribution in [0.25, 0.3) is 0 Å². The van der Waals surface area contributed by atoms with Gasteiger partial charge in [-0.3, -0.25) is 4.79 Å². The Balaban J connectivity index is 2.43. The molecule has 0 bridgehead atoms. The zero-order valence-electron chi connectivity index (χ0n) is 9.66. The van der Waals surface area contributed by atoms with Crippen LogP contribution in [-0.2, 0) is 6.42 Å². The summed E-state index contributed by atoms with van der Waals surface area (Å²) in [5.74, 6) is 0.848. The highest BCUT2D eigenvalue weighted by Crippen LogP contribution is 2.25. The van der Waals surface area contributed by atoms with E-state index in [-0.39, 0.29) is 5.78 Å². The molecule has 2 nitrogen and oxygen atoms in total. The summed E-state index contributed by atoms with van der Waals surface area (Å²) >= 11 is 1.66. The summed E-state index contributed by atoms with van der Waals surface area (Å²) in [7, 11) is 0. The van der Waals surface area contributed by atoms with Crippen molar-refractivity contribution >= 4 is 17.1 Å². The Morgan fingerprint density at radius 2 is 2.12 bits per heavy atom. The molecule has 0 aliphatic rings. The molecule has 2 aromatic heterocycles.